The van der Waals surface area contributed by atoms with Gasteiger partial charge < -0.3 is 9.47 Å². The zero-order valence-electron chi connectivity index (χ0n) is 9.42. The van der Waals surface area contributed by atoms with Crippen molar-refractivity contribution >= 4 is 17.6 Å². The summed E-state index contributed by atoms with van der Waals surface area (Å²) in [5, 5.41) is -0.333. The molecule has 1 heterocycles. The van der Waals surface area contributed by atoms with Gasteiger partial charge in [-0.2, -0.15) is 13.2 Å². The highest BCUT2D eigenvalue weighted by molar-refractivity contribution is 6.31. The SMILES string of the molecule is COC(=O)C(C)Oc1ncc(C(F)(F)F)cc1Cl. The van der Waals surface area contributed by atoms with Gasteiger partial charge in [-0.25, -0.2) is 9.78 Å². The average molecular weight is 284 g/mol. The van der Waals surface area contributed by atoms with Crippen molar-refractivity contribution in [2.75, 3.05) is 7.11 Å². The van der Waals surface area contributed by atoms with Crippen molar-refractivity contribution in [3.8, 4) is 5.88 Å². The molecule has 4 nitrogen and oxygen atoms in total. The Morgan fingerprint density at radius 1 is 1.50 bits per heavy atom. The Balaban J connectivity index is 2.90. The van der Waals surface area contributed by atoms with E-state index in [1.54, 1.807) is 0 Å². The molecule has 1 rings (SSSR count). The largest absolute Gasteiger partial charge is 0.466 e. The number of aromatic nitrogens is 1. The Bertz CT molecular complexity index is 450. The van der Waals surface area contributed by atoms with Crippen molar-refractivity contribution in [2.24, 2.45) is 0 Å². The van der Waals surface area contributed by atoms with Crippen LogP contribution in [0.25, 0.3) is 0 Å². The summed E-state index contributed by atoms with van der Waals surface area (Å²) in [5.41, 5.74) is -0.995. The number of esters is 1. The molecule has 1 atom stereocenters. The normalized spacial score (nSPS) is 13.0. The molecule has 1 aromatic rings. The predicted molar refractivity (Wildman–Crippen MR) is 56.4 cm³/mol. The van der Waals surface area contributed by atoms with E-state index in [4.69, 9.17) is 16.3 Å². The first-order chi connectivity index (χ1) is 8.25. The molecule has 0 fully saturated rings. The van der Waals surface area contributed by atoms with Crippen LogP contribution in [-0.4, -0.2) is 24.2 Å². The lowest BCUT2D eigenvalue weighted by Gasteiger charge is -2.13. The number of ether oxygens (including phenoxy) is 2. The van der Waals surface area contributed by atoms with Gasteiger partial charge in [0, 0.05) is 6.20 Å². The Hall–Kier alpha value is -1.50. The summed E-state index contributed by atoms with van der Waals surface area (Å²) < 4.78 is 46.4. The molecule has 100 valence electrons. The second kappa shape index (κ2) is 5.43. The Kier molecular flexibility index (Phi) is 4.39. The average Bonchev–Trinajstić information content (AvgIpc) is 2.29. The second-order valence-electron chi connectivity index (χ2n) is 3.29. The number of nitrogens with zero attached hydrogens (tertiary/aromatic N) is 1. The summed E-state index contributed by atoms with van der Waals surface area (Å²) in [7, 11) is 1.16. The smallest absolute Gasteiger partial charge is 0.417 e. The monoisotopic (exact) mass is 283 g/mol. The minimum atomic E-state index is -4.54. The highest BCUT2D eigenvalue weighted by Crippen LogP contribution is 2.33. The molecule has 1 aromatic heterocycles. The van der Waals surface area contributed by atoms with Crippen molar-refractivity contribution in [3.05, 3.63) is 22.8 Å². The van der Waals surface area contributed by atoms with Crippen molar-refractivity contribution < 1.29 is 27.4 Å². The molecule has 0 radical (unpaired) electrons. The zero-order valence-corrected chi connectivity index (χ0v) is 10.2. The molecular formula is C10H9ClF3NO3. The van der Waals surface area contributed by atoms with E-state index in [-0.39, 0.29) is 10.9 Å². The maximum Gasteiger partial charge on any atom is 0.417 e. The van der Waals surface area contributed by atoms with Crippen LogP contribution in [0.5, 0.6) is 5.88 Å². The summed E-state index contributed by atoms with van der Waals surface area (Å²) in [6, 6.07) is 0.674. The maximum atomic E-state index is 12.3. The number of halogens is 4. The van der Waals surface area contributed by atoms with Crippen LogP contribution in [0.3, 0.4) is 0 Å². The van der Waals surface area contributed by atoms with E-state index in [9.17, 15) is 18.0 Å². The first kappa shape index (κ1) is 14.6. The lowest BCUT2D eigenvalue weighted by Crippen LogP contribution is -2.25. The number of methoxy groups -OCH3 is 1. The van der Waals surface area contributed by atoms with Gasteiger partial charge in [0.15, 0.2) is 6.10 Å². The van der Waals surface area contributed by atoms with Crippen LogP contribution in [0, 0.1) is 0 Å². The Morgan fingerprint density at radius 3 is 2.56 bits per heavy atom. The van der Waals surface area contributed by atoms with Crippen LogP contribution in [0.4, 0.5) is 13.2 Å². The van der Waals surface area contributed by atoms with Crippen LogP contribution in [0.2, 0.25) is 5.02 Å². The first-order valence-electron chi connectivity index (χ1n) is 4.73. The third-order valence-corrected chi connectivity index (χ3v) is 2.23. The highest BCUT2D eigenvalue weighted by Gasteiger charge is 2.32. The molecule has 0 saturated heterocycles. The summed E-state index contributed by atoms with van der Waals surface area (Å²) in [6.07, 6.45) is -4.98. The molecule has 1 unspecified atom stereocenters. The fraction of sp³-hybridized carbons (Fsp3) is 0.400. The standard InChI is InChI=1S/C10H9ClF3NO3/c1-5(9(16)17-2)18-8-7(11)3-6(4-15-8)10(12,13)14/h3-5H,1-2H3. The predicted octanol–water partition coefficient (Wildman–Crippen LogP) is 2.69. The van der Waals surface area contributed by atoms with Crippen LogP contribution >= 0.6 is 11.6 Å². The maximum absolute atomic E-state index is 12.3. The molecule has 0 aliphatic carbocycles. The lowest BCUT2D eigenvalue weighted by molar-refractivity contribution is -0.148. The highest BCUT2D eigenvalue weighted by atomic mass is 35.5. The van der Waals surface area contributed by atoms with Gasteiger partial charge >= 0.3 is 12.1 Å². The number of pyridine rings is 1. The molecular weight excluding hydrogens is 275 g/mol. The van der Waals surface area contributed by atoms with E-state index in [0.29, 0.717) is 12.3 Å². The number of carbonyl (C=O) groups is 1. The van der Waals surface area contributed by atoms with Gasteiger partial charge in [-0.1, -0.05) is 11.6 Å². The quantitative estimate of drug-likeness (QED) is 0.800. The molecule has 0 N–H and O–H groups in total. The van der Waals surface area contributed by atoms with Crippen molar-refractivity contribution in [1.82, 2.24) is 4.98 Å². The van der Waals surface area contributed by atoms with Gasteiger partial charge in [-0.05, 0) is 13.0 Å². The summed E-state index contributed by atoms with van der Waals surface area (Å²) in [6.45, 7) is 1.36. The van der Waals surface area contributed by atoms with Gasteiger partial charge in [0.25, 0.3) is 0 Å². The van der Waals surface area contributed by atoms with Gasteiger partial charge in [0.2, 0.25) is 5.88 Å². The second-order valence-corrected chi connectivity index (χ2v) is 3.70. The van der Waals surface area contributed by atoms with Gasteiger partial charge in [0.05, 0.1) is 12.7 Å². The van der Waals surface area contributed by atoms with Gasteiger partial charge in [0.1, 0.15) is 5.02 Å². The number of carbonyl (C=O) groups excluding carboxylic acids is 1. The molecule has 0 aliphatic heterocycles. The van der Waals surface area contributed by atoms with E-state index in [1.165, 1.54) is 6.92 Å². The molecule has 8 heteroatoms. The third kappa shape index (κ3) is 3.49. The summed E-state index contributed by atoms with van der Waals surface area (Å²) in [5.74, 6) is -0.949. The Labute approximate surface area is 106 Å². The van der Waals surface area contributed by atoms with Crippen LogP contribution < -0.4 is 4.74 Å². The number of hydrogen-bond donors (Lipinski definition) is 0. The van der Waals surface area contributed by atoms with Crippen molar-refractivity contribution in [3.63, 3.8) is 0 Å². The number of alkyl halides is 3. The number of rotatable bonds is 3. The fourth-order valence-corrected chi connectivity index (χ4v) is 1.26. The van der Waals surface area contributed by atoms with Crippen LogP contribution in [0.1, 0.15) is 12.5 Å². The summed E-state index contributed by atoms with van der Waals surface area (Å²) in [4.78, 5) is 14.5. The first-order valence-corrected chi connectivity index (χ1v) is 5.10. The van der Waals surface area contributed by atoms with E-state index < -0.39 is 23.8 Å². The molecule has 0 spiro atoms. The Morgan fingerprint density at radius 2 is 2.11 bits per heavy atom. The van der Waals surface area contributed by atoms with Crippen molar-refractivity contribution in [2.45, 2.75) is 19.2 Å². The van der Waals surface area contributed by atoms with Gasteiger partial charge in [-0.15, -0.1) is 0 Å². The van der Waals surface area contributed by atoms with E-state index in [1.807, 2.05) is 0 Å². The van der Waals surface area contributed by atoms with E-state index in [0.717, 1.165) is 7.11 Å². The molecule has 0 saturated carbocycles. The lowest BCUT2D eigenvalue weighted by atomic mass is 10.3. The molecule has 18 heavy (non-hydrogen) atoms. The van der Waals surface area contributed by atoms with Crippen LogP contribution in [0.15, 0.2) is 12.3 Å². The fourth-order valence-electron chi connectivity index (χ4n) is 1.05. The minimum absolute atomic E-state index is 0.262. The molecule has 0 amide bonds. The minimum Gasteiger partial charge on any atom is -0.466 e. The van der Waals surface area contributed by atoms with E-state index in [2.05, 4.69) is 9.72 Å². The topological polar surface area (TPSA) is 48.4 Å². The van der Waals surface area contributed by atoms with E-state index >= 15 is 0 Å². The third-order valence-electron chi connectivity index (χ3n) is 1.96. The molecule has 0 bridgehead atoms. The van der Waals surface area contributed by atoms with Crippen LogP contribution in [-0.2, 0) is 15.7 Å². The van der Waals surface area contributed by atoms with Gasteiger partial charge in [-0.3, -0.25) is 0 Å². The molecule has 0 aliphatic rings. The molecule has 0 aromatic carbocycles. The summed E-state index contributed by atoms with van der Waals surface area (Å²) >= 11 is 5.59. The number of hydrogen-bond acceptors (Lipinski definition) is 4. The zero-order chi connectivity index (χ0) is 13.9. The van der Waals surface area contributed by atoms with Crippen molar-refractivity contribution in [1.29, 1.82) is 0 Å².